The Morgan fingerprint density at radius 2 is 1.83 bits per heavy atom. The lowest BCUT2D eigenvalue weighted by molar-refractivity contribution is 0.250. The predicted octanol–water partition coefficient (Wildman–Crippen LogP) is 6.09. The van der Waals surface area contributed by atoms with Gasteiger partial charge in [-0.1, -0.05) is 44.2 Å². The van der Waals surface area contributed by atoms with Crippen LogP contribution in [0.4, 0.5) is 8.78 Å². The van der Waals surface area contributed by atoms with E-state index < -0.39 is 5.82 Å². The second-order valence-electron chi connectivity index (χ2n) is 6.64. The molecule has 3 heteroatoms. The zero-order chi connectivity index (χ0) is 16.5. The second kappa shape index (κ2) is 9.45. The number of hydrogen-bond donors (Lipinski definition) is 0. The lowest BCUT2D eigenvalue weighted by Crippen LogP contribution is -2.15. The van der Waals surface area contributed by atoms with Crippen LogP contribution in [0.2, 0.25) is 0 Å². The van der Waals surface area contributed by atoms with Gasteiger partial charge in [-0.05, 0) is 55.2 Å². The van der Waals surface area contributed by atoms with Gasteiger partial charge in [0.15, 0.2) is 0 Å². The van der Waals surface area contributed by atoms with Crippen LogP contribution in [-0.2, 0) is 6.42 Å². The van der Waals surface area contributed by atoms with Crippen molar-refractivity contribution in [2.75, 3.05) is 0 Å². The summed E-state index contributed by atoms with van der Waals surface area (Å²) in [5, 5.41) is 8.75. The molecule has 2 rings (SSSR count). The first-order valence-electron chi connectivity index (χ1n) is 8.66. The number of aryl methyl sites for hydroxylation is 1. The Balaban J connectivity index is 1.68. The van der Waals surface area contributed by atoms with E-state index in [-0.39, 0.29) is 5.56 Å². The molecular weight excluding hydrogens is 292 g/mol. The topological polar surface area (TPSA) is 23.8 Å². The van der Waals surface area contributed by atoms with E-state index in [4.69, 9.17) is 5.26 Å². The molecule has 0 bridgehead atoms. The summed E-state index contributed by atoms with van der Waals surface area (Å²) in [7, 11) is 0. The van der Waals surface area contributed by atoms with Gasteiger partial charge in [0.2, 0.25) is 0 Å². The Morgan fingerprint density at radius 3 is 2.43 bits per heavy atom. The second-order valence-corrected chi connectivity index (χ2v) is 6.64. The van der Waals surface area contributed by atoms with E-state index in [0.717, 1.165) is 43.1 Å². The molecule has 23 heavy (non-hydrogen) atoms. The quantitative estimate of drug-likeness (QED) is 0.558. The van der Waals surface area contributed by atoms with Gasteiger partial charge in [-0.25, -0.2) is 8.78 Å². The molecule has 0 aliphatic heterocycles. The molecule has 1 aliphatic carbocycles. The molecule has 0 aromatic heterocycles. The molecule has 0 heterocycles. The fraction of sp³-hybridized carbons (Fsp3) is 0.550. The molecule has 1 aliphatic rings. The molecule has 0 radical (unpaired) electrons. The summed E-state index contributed by atoms with van der Waals surface area (Å²) in [6, 6.07) is 6.80. The van der Waals surface area contributed by atoms with Crippen LogP contribution >= 0.6 is 0 Å². The molecule has 0 unspecified atom stereocenters. The molecule has 0 atom stereocenters. The number of halogens is 2. The summed E-state index contributed by atoms with van der Waals surface area (Å²) in [4.78, 5) is 0. The molecule has 124 valence electrons. The van der Waals surface area contributed by atoms with Gasteiger partial charge in [-0.2, -0.15) is 5.26 Å². The minimum absolute atomic E-state index is 0.122. The Labute approximate surface area is 138 Å². The van der Waals surface area contributed by atoms with Gasteiger partial charge in [-0.15, -0.1) is 0 Å². The van der Waals surface area contributed by atoms with Crippen LogP contribution in [0.1, 0.15) is 62.5 Å². The highest BCUT2D eigenvalue weighted by Gasteiger charge is 2.20. The summed E-state index contributed by atoms with van der Waals surface area (Å²) in [5.74, 6) is 1.12. The monoisotopic (exact) mass is 317 g/mol. The van der Waals surface area contributed by atoms with Crippen LogP contribution in [0, 0.1) is 29.0 Å². The normalized spacial score (nSPS) is 21.4. The first kappa shape index (κ1) is 17.7. The average molecular weight is 317 g/mol. The van der Waals surface area contributed by atoms with Crippen molar-refractivity contribution >= 4 is 0 Å². The van der Waals surface area contributed by atoms with Crippen molar-refractivity contribution in [3.8, 4) is 6.07 Å². The SMILES string of the molecule is N#Cc1ccc(CCC2CCC(CCC/C=C/F)CC2)cc1F. The van der Waals surface area contributed by atoms with E-state index in [1.807, 2.05) is 12.1 Å². The summed E-state index contributed by atoms with van der Waals surface area (Å²) in [5.41, 5.74) is 1.11. The molecule has 0 saturated heterocycles. The van der Waals surface area contributed by atoms with Crippen LogP contribution in [-0.4, -0.2) is 0 Å². The van der Waals surface area contributed by atoms with Gasteiger partial charge in [0, 0.05) is 0 Å². The van der Waals surface area contributed by atoms with E-state index in [1.165, 1.54) is 38.2 Å². The molecule has 0 spiro atoms. The third kappa shape index (κ3) is 5.78. The molecule has 1 fully saturated rings. The average Bonchev–Trinajstić information content (AvgIpc) is 2.58. The highest BCUT2D eigenvalue weighted by Crippen LogP contribution is 2.34. The lowest BCUT2D eigenvalue weighted by atomic mass is 9.78. The number of rotatable bonds is 7. The maximum Gasteiger partial charge on any atom is 0.141 e. The molecule has 1 aromatic carbocycles. The van der Waals surface area contributed by atoms with Gasteiger partial charge in [-0.3, -0.25) is 0 Å². The summed E-state index contributed by atoms with van der Waals surface area (Å²) in [6.07, 6.45) is 12.4. The van der Waals surface area contributed by atoms with Gasteiger partial charge < -0.3 is 0 Å². The number of nitriles is 1. The van der Waals surface area contributed by atoms with Crippen molar-refractivity contribution < 1.29 is 8.78 Å². The summed E-state index contributed by atoms with van der Waals surface area (Å²) in [6.45, 7) is 0. The Hall–Kier alpha value is -1.69. The minimum atomic E-state index is -0.406. The Bertz CT molecular complexity index is 551. The fourth-order valence-electron chi connectivity index (χ4n) is 3.57. The highest BCUT2D eigenvalue weighted by atomic mass is 19.1. The van der Waals surface area contributed by atoms with E-state index in [2.05, 4.69) is 0 Å². The third-order valence-corrected chi connectivity index (χ3v) is 5.03. The van der Waals surface area contributed by atoms with Gasteiger partial charge in [0.1, 0.15) is 11.9 Å². The lowest BCUT2D eigenvalue weighted by Gasteiger charge is -2.28. The standard InChI is InChI=1S/C20H25F2N/c21-13-3-1-2-4-16-5-7-17(8-6-16)9-10-18-11-12-19(15-23)20(22)14-18/h3,11-14,16-17H,1-2,4-10H2/b13-3+. The first-order chi connectivity index (χ1) is 11.2. The van der Waals surface area contributed by atoms with E-state index in [1.54, 1.807) is 12.1 Å². The zero-order valence-corrected chi connectivity index (χ0v) is 13.6. The molecule has 1 saturated carbocycles. The maximum atomic E-state index is 13.6. The largest absolute Gasteiger partial charge is 0.216 e. The van der Waals surface area contributed by atoms with E-state index in [0.29, 0.717) is 6.33 Å². The van der Waals surface area contributed by atoms with Crippen LogP contribution in [0.5, 0.6) is 0 Å². The minimum Gasteiger partial charge on any atom is -0.216 e. The number of allylic oxidation sites excluding steroid dienone is 1. The van der Waals surface area contributed by atoms with Crippen molar-refractivity contribution in [3.63, 3.8) is 0 Å². The van der Waals surface area contributed by atoms with Crippen LogP contribution in [0.25, 0.3) is 0 Å². The first-order valence-corrected chi connectivity index (χ1v) is 8.66. The summed E-state index contributed by atoms with van der Waals surface area (Å²) < 4.78 is 25.5. The van der Waals surface area contributed by atoms with Crippen molar-refractivity contribution in [1.29, 1.82) is 5.26 Å². The third-order valence-electron chi connectivity index (χ3n) is 5.03. The molecule has 1 nitrogen and oxygen atoms in total. The van der Waals surface area contributed by atoms with E-state index in [9.17, 15) is 8.78 Å². The number of unbranched alkanes of at least 4 members (excludes halogenated alkanes) is 1. The highest BCUT2D eigenvalue weighted by molar-refractivity contribution is 5.33. The number of hydrogen-bond acceptors (Lipinski definition) is 1. The molecule has 0 amide bonds. The molecule has 0 N–H and O–H groups in total. The van der Waals surface area contributed by atoms with Crippen LogP contribution in [0.3, 0.4) is 0 Å². The fourth-order valence-corrected chi connectivity index (χ4v) is 3.57. The van der Waals surface area contributed by atoms with Gasteiger partial charge in [0.05, 0.1) is 11.9 Å². The van der Waals surface area contributed by atoms with E-state index >= 15 is 0 Å². The van der Waals surface area contributed by atoms with Crippen molar-refractivity contribution in [3.05, 3.63) is 47.5 Å². The van der Waals surface area contributed by atoms with Crippen molar-refractivity contribution in [2.24, 2.45) is 11.8 Å². The molecule has 1 aromatic rings. The van der Waals surface area contributed by atoms with Crippen LogP contribution in [0.15, 0.2) is 30.6 Å². The smallest absolute Gasteiger partial charge is 0.141 e. The van der Waals surface area contributed by atoms with Crippen molar-refractivity contribution in [2.45, 2.75) is 57.8 Å². The summed E-state index contributed by atoms with van der Waals surface area (Å²) >= 11 is 0. The predicted molar refractivity (Wildman–Crippen MR) is 89.0 cm³/mol. The Kier molecular flexibility index (Phi) is 7.26. The maximum absolute atomic E-state index is 13.6. The van der Waals surface area contributed by atoms with Gasteiger partial charge in [0.25, 0.3) is 0 Å². The zero-order valence-electron chi connectivity index (χ0n) is 13.6. The Morgan fingerprint density at radius 1 is 1.13 bits per heavy atom. The van der Waals surface area contributed by atoms with Crippen LogP contribution < -0.4 is 0 Å². The van der Waals surface area contributed by atoms with Crippen molar-refractivity contribution in [1.82, 2.24) is 0 Å². The number of nitrogens with zero attached hydrogens (tertiary/aromatic N) is 1. The number of benzene rings is 1. The van der Waals surface area contributed by atoms with Gasteiger partial charge >= 0.3 is 0 Å². The molecular formula is C20H25F2N.